The Morgan fingerprint density at radius 3 is 2.57 bits per heavy atom. The average Bonchev–Trinajstić information content (AvgIpc) is 3.12. The Bertz CT molecular complexity index is 740. The summed E-state index contributed by atoms with van der Waals surface area (Å²) in [5.74, 6) is -0.380. The number of nitrogens with zero attached hydrogens (tertiary/aromatic N) is 1. The van der Waals surface area contributed by atoms with Gasteiger partial charge in [-0.1, -0.05) is 18.2 Å². The number of anilines is 1. The van der Waals surface area contributed by atoms with Gasteiger partial charge in [-0.05, 0) is 29.1 Å². The molecule has 1 atom stereocenters. The third-order valence-electron chi connectivity index (χ3n) is 3.59. The predicted octanol–water partition coefficient (Wildman–Crippen LogP) is 2.15. The minimum atomic E-state index is -0.664. The van der Waals surface area contributed by atoms with Gasteiger partial charge in [0.15, 0.2) is 0 Å². The normalized spacial score (nSPS) is 17.3. The van der Waals surface area contributed by atoms with Crippen molar-refractivity contribution >= 4 is 34.9 Å². The van der Waals surface area contributed by atoms with E-state index >= 15 is 0 Å². The summed E-state index contributed by atoms with van der Waals surface area (Å²) in [5, 5.41) is 7.35. The fourth-order valence-electron chi connectivity index (χ4n) is 2.34. The number of likely N-dealkylation sites (N-methyl/N-ethyl adjacent to an activating group) is 1. The molecule has 0 radical (unpaired) electrons. The number of carbonyl (C=O) groups excluding carboxylic acids is 3. The summed E-state index contributed by atoms with van der Waals surface area (Å²) < 4.78 is 0. The van der Waals surface area contributed by atoms with Gasteiger partial charge in [-0.2, -0.15) is 0 Å². The van der Waals surface area contributed by atoms with Crippen LogP contribution >= 0.6 is 11.3 Å². The van der Waals surface area contributed by atoms with Crippen LogP contribution in [0.25, 0.3) is 0 Å². The Morgan fingerprint density at radius 2 is 2.00 bits per heavy atom. The summed E-state index contributed by atoms with van der Waals surface area (Å²) in [6, 6.07) is 9.64. The molecule has 6 nitrogen and oxygen atoms in total. The highest BCUT2D eigenvalue weighted by molar-refractivity contribution is 7.10. The van der Waals surface area contributed by atoms with Crippen LogP contribution in [0.15, 0.2) is 41.8 Å². The van der Waals surface area contributed by atoms with Crippen LogP contribution in [0.2, 0.25) is 0 Å². The van der Waals surface area contributed by atoms with Crippen molar-refractivity contribution in [3.8, 4) is 0 Å². The molecule has 1 saturated heterocycles. The van der Waals surface area contributed by atoms with E-state index in [0.29, 0.717) is 17.7 Å². The molecule has 0 bridgehead atoms. The molecule has 2 heterocycles. The van der Waals surface area contributed by atoms with Gasteiger partial charge in [0.25, 0.3) is 5.91 Å². The fourth-order valence-corrected chi connectivity index (χ4v) is 3.04. The Labute approximate surface area is 137 Å². The summed E-state index contributed by atoms with van der Waals surface area (Å²) >= 11 is 1.54. The summed E-state index contributed by atoms with van der Waals surface area (Å²) in [5.41, 5.74) is 1.34. The number of carbonyl (C=O) groups is 3. The summed E-state index contributed by atoms with van der Waals surface area (Å²) in [6.45, 7) is 0. The molecule has 118 valence electrons. The average molecular weight is 329 g/mol. The second kappa shape index (κ2) is 6.21. The number of hydrogen-bond acceptors (Lipinski definition) is 4. The molecule has 23 heavy (non-hydrogen) atoms. The lowest BCUT2D eigenvalue weighted by Gasteiger charge is -2.10. The quantitative estimate of drug-likeness (QED) is 0.844. The van der Waals surface area contributed by atoms with Crippen molar-refractivity contribution in [1.29, 1.82) is 0 Å². The number of hydrogen-bond donors (Lipinski definition) is 2. The number of rotatable bonds is 4. The smallest absolute Gasteiger partial charge is 0.324 e. The van der Waals surface area contributed by atoms with E-state index < -0.39 is 12.1 Å². The minimum absolute atomic E-state index is 0.0924. The maximum atomic E-state index is 11.9. The van der Waals surface area contributed by atoms with Crippen LogP contribution in [0.5, 0.6) is 0 Å². The van der Waals surface area contributed by atoms with E-state index in [1.807, 2.05) is 17.5 Å². The largest absolute Gasteiger partial charge is 0.326 e. The number of thiophene rings is 1. The van der Waals surface area contributed by atoms with Gasteiger partial charge in [-0.3, -0.25) is 14.5 Å². The summed E-state index contributed by atoms with van der Waals surface area (Å²) in [6.07, 6.45) is 0.335. The van der Waals surface area contributed by atoms with Gasteiger partial charge in [0.05, 0.1) is 6.42 Å². The van der Waals surface area contributed by atoms with Crippen molar-refractivity contribution in [2.75, 3.05) is 12.4 Å². The van der Waals surface area contributed by atoms with Crippen LogP contribution in [-0.4, -0.2) is 29.8 Å². The van der Waals surface area contributed by atoms with Gasteiger partial charge >= 0.3 is 6.03 Å². The Morgan fingerprint density at radius 1 is 1.26 bits per heavy atom. The number of amides is 4. The molecule has 3 rings (SSSR count). The Kier molecular flexibility index (Phi) is 4.12. The lowest BCUT2D eigenvalue weighted by molar-refractivity contribution is -0.126. The topological polar surface area (TPSA) is 78.5 Å². The number of nitrogens with one attached hydrogen (secondary N) is 2. The van der Waals surface area contributed by atoms with Crippen LogP contribution in [0, 0.1) is 0 Å². The maximum Gasteiger partial charge on any atom is 0.324 e. The first-order valence-electron chi connectivity index (χ1n) is 7.05. The van der Waals surface area contributed by atoms with Crippen molar-refractivity contribution in [2.24, 2.45) is 0 Å². The van der Waals surface area contributed by atoms with Crippen LogP contribution in [0.4, 0.5) is 10.5 Å². The van der Waals surface area contributed by atoms with E-state index in [0.717, 1.165) is 9.78 Å². The molecule has 1 aromatic carbocycles. The molecule has 1 aliphatic rings. The molecule has 1 unspecified atom stereocenters. The first-order valence-corrected chi connectivity index (χ1v) is 7.93. The molecule has 1 fully saturated rings. The summed E-state index contributed by atoms with van der Waals surface area (Å²) in [7, 11) is 1.44. The minimum Gasteiger partial charge on any atom is -0.326 e. The maximum absolute atomic E-state index is 11.9. The molecular weight excluding hydrogens is 314 g/mol. The first-order chi connectivity index (χ1) is 11.0. The molecule has 1 aromatic heterocycles. The molecule has 4 amide bonds. The highest BCUT2D eigenvalue weighted by Crippen LogP contribution is 2.22. The highest BCUT2D eigenvalue weighted by atomic mass is 32.1. The third kappa shape index (κ3) is 3.24. The molecule has 0 aliphatic carbocycles. The number of benzene rings is 1. The summed E-state index contributed by atoms with van der Waals surface area (Å²) in [4.78, 5) is 37.4. The molecule has 0 spiro atoms. The zero-order chi connectivity index (χ0) is 16.4. The lowest BCUT2D eigenvalue weighted by atomic mass is 10.1. The van der Waals surface area contributed by atoms with E-state index in [2.05, 4.69) is 10.6 Å². The van der Waals surface area contributed by atoms with E-state index in [-0.39, 0.29) is 11.8 Å². The van der Waals surface area contributed by atoms with Crippen molar-refractivity contribution in [3.63, 3.8) is 0 Å². The predicted molar refractivity (Wildman–Crippen MR) is 87.1 cm³/mol. The van der Waals surface area contributed by atoms with Crippen LogP contribution < -0.4 is 10.6 Å². The van der Waals surface area contributed by atoms with Gasteiger partial charge < -0.3 is 10.6 Å². The molecule has 0 saturated carbocycles. The Hall–Kier alpha value is -2.67. The highest BCUT2D eigenvalue weighted by Gasteiger charge is 2.36. The number of urea groups is 1. The van der Waals surface area contributed by atoms with E-state index in [9.17, 15) is 14.4 Å². The molecule has 7 heteroatoms. The van der Waals surface area contributed by atoms with Crippen LogP contribution in [-0.2, 0) is 16.0 Å². The van der Waals surface area contributed by atoms with Crippen molar-refractivity contribution in [1.82, 2.24) is 10.2 Å². The van der Waals surface area contributed by atoms with Gasteiger partial charge in [-0.15, -0.1) is 11.3 Å². The van der Waals surface area contributed by atoms with E-state index in [1.165, 1.54) is 18.4 Å². The fraction of sp³-hybridized carbons (Fsp3) is 0.188. The monoisotopic (exact) mass is 329 g/mol. The second-order valence-corrected chi connectivity index (χ2v) is 6.24. The first kappa shape index (κ1) is 15.2. The molecule has 1 aliphatic heterocycles. The van der Waals surface area contributed by atoms with Crippen LogP contribution in [0.3, 0.4) is 0 Å². The van der Waals surface area contributed by atoms with Gasteiger partial charge in [0, 0.05) is 17.6 Å². The third-order valence-corrected chi connectivity index (χ3v) is 4.47. The van der Waals surface area contributed by atoms with E-state index in [4.69, 9.17) is 0 Å². The molecular formula is C16H15N3O3S. The zero-order valence-corrected chi connectivity index (χ0v) is 13.2. The van der Waals surface area contributed by atoms with Crippen molar-refractivity contribution < 1.29 is 14.4 Å². The van der Waals surface area contributed by atoms with Crippen molar-refractivity contribution in [3.05, 3.63) is 52.2 Å². The molecule has 2 N–H and O–H groups in total. The van der Waals surface area contributed by atoms with Gasteiger partial charge in [0.2, 0.25) is 5.91 Å². The lowest BCUT2D eigenvalue weighted by Crippen LogP contribution is -2.25. The van der Waals surface area contributed by atoms with Gasteiger partial charge in [-0.25, -0.2) is 4.79 Å². The zero-order valence-electron chi connectivity index (χ0n) is 12.4. The van der Waals surface area contributed by atoms with Crippen molar-refractivity contribution in [2.45, 2.75) is 12.5 Å². The van der Waals surface area contributed by atoms with E-state index in [1.54, 1.807) is 24.3 Å². The Balaban J connectivity index is 1.64. The SMILES string of the molecule is CN1C(=O)NC(c2ccc(NC(=O)Cc3cccs3)cc2)C1=O. The van der Waals surface area contributed by atoms with Gasteiger partial charge in [0.1, 0.15) is 6.04 Å². The standard InChI is InChI=1S/C16H15N3O3S/c1-19-15(21)14(18-16(19)22)10-4-6-11(7-5-10)17-13(20)9-12-3-2-8-23-12/h2-8,14H,9H2,1H3,(H,17,20)(H,18,22). The second-order valence-electron chi connectivity index (χ2n) is 5.21. The molecule has 2 aromatic rings. The number of imide groups is 1. The van der Waals surface area contributed by atoms with Crippen LogP contribution in [0.1, 0.15) is 16.5 Å².